The number of benzene rings is 1. The van der Waals surface area contributed by atoms with E-state index in [0.717, 1.165) is 31.9 Å². The predicted molar refractivity (Wildman–Crippen MR) is 116 cm³/mol. The molecule has 1 aliphatic heterocycles. The van der Waals surface area contributed by atoms with Crippen LogP contribution in [-0.2, 0) is 0 Å². The van der Waals surface area contributed by atoms with Gasteiger partial charge in [0.1, 0.15) is 5.82 Å². The molecular weight excluding hydrogens is 435 g/mol. The molecule has 2 aliphatic rings. The van der Waals surface area contributed by atoms with Gasteiger partial charge in [-0.15, -0.1) is 0 Å². The van der Waals surface area contributed by atoms with Gasteiger partial charge in [0.05, 0.1) is 10.6 Å². The Morgan fingerprint density at radius 1 is 1.17 bits per heavy atom. The van der Waals surface area contributed by atoms with E-state index < -0.39 is 23.2 Å². The maximum atomic E-state index is 14.3. The molecule has 1 aliphatic carbocycles. The second-order valence-corrected chi connectivity index (χ2v) is 9.96. The predicted octanol–water partition coefficient (Wildman–Crippen LogP) is 4.75. The van der Waals surface area contributed by atoms with E-state index in [1.807, 2.05) is 0 Å². The second-order valence-electron chi connectivity index (χ2n) is 8.20. The maximum Gasteiger partial charge on any atom is 0.255 e. The van der Waals surface area contributed by atoms with Gasteiger partial charge in [0.25, 0.3) is 5.91 Å². The summed E-state index contributed by atoms with van der Waals surface area (Å²) in [6.45, 7) is 7.22. The number of piperazine rings is 1. The molecule has 0 aromatic heterocycles. The topological polar surface area (TPSA) is 35.6 Å². The number of nitrogens with zero attached hydrogens (tertiary/aromatic N) is 2. The van der Waals surface area contributed by atoms with Crippen molar-refractivity contribution in [1.29, 1.82) is 0 Å². The number of carbonyl (C=O) groups excluding carboxylic acids is 1. The molecule has 0 bridgehead atoms. The summed E-state index contributed by atoms with van der Waals surface area (Å²) in [6, 6.07) is 2.81. The van der Waals surface area contributed by atoms with E-state index in [-0.39, 0.29) is 30.0 Å². The highest BCUT2D eigenvalue weighted by atomic mass is 35.5. The van der Waals surface area contributed by atoms with E-state index in [1.54, 1.807) is 24.9 Å². The number of hydrogen-bond donors (Lipinski definition) is 1. The summed E-state index contributed by atoms with van der Waals surface area (Å²) in [7, 11) is 0. The monoisotopic (exact) mass is 463 g/mol. The molecule has 1 aromatic rings. The van der Waals surface area contributed by atoms with Gasteiger partial charge in [-0.05, 0) is 37.5 Å². The minimum Gasteiger partial charge on any atom is -0.350 e. The zero-order valence-corrected chi connectivity index (χ0v) is 19.0. The van der Waals surface area contributed by atoms with Crippen LogP contribution >= 0.6 is 23.5 Å². The fraction of sp³-hybridized carbons (Fsp3) is 0.667. The number of hydrogen-bond acceptors (Lipinski definition) is 4. The zero-order valence-electron chi connectivity index (χ0n) is 17.4. The summed E-state index contributed by atoms with van der Waals surface area (Å²) < 4.78 is 44.4. The molecule has 1 saturated carbocycles. The van der Waals surface area contributed by atoms with Crippen LogP contribution < -0.4 is 5.32 Å². The van der Waals surface area contributed by atoms with Crippen molar-refractivity contribution in [3.05, 3.63) is 34.1 Å². The van der Waals surface area contributed by atoms with Crippen LogP contribution in [0.1, 0.15) is 48.5 Å². The lowest BCUT2D eigenvalue weighted by Crippen LogP contribution is -2.62. The summed E-state index contributed by atoms with van der Waals surface area (Å²) in [6.07, 6.45) is 0.190. The van der Waals surface area contributed by atoms with Gasteiger partial charge in [-0.3, -0.25) is 9.69 Å². The highest BCUT2D eigenvalue weighted by molar-refractivity contribution is 7.96. The summed E-state index contributed by atoms with van der Waals surface area (Å²) in [5.74, 6) is -2.95. The molecule has 1 saturated heterocycles. The number of nitrogens with one attached hydrogen (secondary N) is 1. The Morgan fingerprint density at radius 2 is 1.80 bits per heavy atom. The molecule has 1 amide bonds. The number of amides is 1. The molecule has 0 spiro atoms. The molecule has 0 unspecified atom stereocenters. The second kappa shape index (κ2) is 9.67. The van der Waals surface area contributed by atoms with Gasteiger partial charge < -0.3 is 5.32 Å². The Bertz CT molecular complexity index is 739. The average molecular weight is 464 g/mol. The number of rotatable bonds is 6. The lowest BCUT2D eigenvalue weighted by Gasteiger charge is -2.50. The Labute approximate surface area is 185 Å². The highest BCUT2D eigenvalue weighted by Crippen LogP contribution is 2.42. The minimum atomic E-state index is -2.67. The molecule has 1 N–H and O–H groups in total. The van der Waals surface area contributed by atoms with E-state index in [0.29, 0.717) is 18.4 Å². The molecule has 0 atom stereocenters. The first kappa shape index (κ1) is 23.7. The number of alkyl halides is 2. The maximum absolute atomic E-state index is 14.3. The molecule has 9 heteroatoms. The quantitative estimate of drug-likeness (QED) is 0.617. The van der Waals surface area contributed by atoms with E-state index in [2.05, 4.69) is 21.4 Å². The van der Waals surface area contributed by atoms with Crippen molar-refractivity contribution in [3.63, 3.8) is 0 Å². The minimum absolute atomic E-state index is 0.0550. The van der Waals surface area contributed by atoms with Crippen LogP contribution in [0.5, 0.6) is 0 Å². The molecular formula is C21H29ClF3N3OS. The third-order valence-electron chi connectivity index (χ3n) is 6.12. The van der Waals surface area contributed by atoms with Crippen LogP contribution in [0, 0.1) is 12.7 Å². The van der Waals surface area contributed by atoms with Crippen LogP contribution in [-0.4, -0.2) is 65.1 Å². The lowest BCUT2D eigenvalue weighted by molar-refractivity contribution is -0.0854. The lowest BCUT2D eigenvalue weighted by atomic mass is 9.78. The smallest absolute Gasteiger partial charge is 0.255 e. The van der Waals surface area contributed by atoms with Gasteiger partial charge in [-0.1, -0.05) is 30.5 Å². The van der Waals surface area contributed by atoms with Crippen LogP contribution in [0.2, 0.25) is 5.02 Å². The van der Waals surface area contributed by atoms with E-state index in [4.69, 9.17) is 11.6 Å². The van der Waals surface area contributed by atoms with Crippen molar-refractivity contribution in [2.24, 2.45) is 0 Å². The molecule has 0 radical (unpaired) electrons. The van der Waals surface area contributed by atoms with Gasteiger partial charge >= 0.3 is 0 Å². The molecule has 168 valence electrons. The normalized spacial score (nSPS) is 22.1. The van der Waals surface area contributed by atoms with Crippen molar-refractivity contribution in [2.75, 3.05) is 38.5 Å². The Hall–Kier alpha value is -0.960. The van der Waals surface area contributed by atoms with Gasteiger partial charge in [0.15, 0.2) is 0 Å². The van der Waals surface area contributed by atoms with Crippen LogP contribution in [0.25, 0.3) is 0 Å². The Kier molecular flexibility index (Phi) is 7.64. The summed E-state index contributed by atoms with van der Waals surface area (Å²) in [5.41, 5.74) is -0.112. The fourth-order valence-electron chi connectivity index (χ4n) is 4.41. The van der Waals surface area contributed by atoms with E-state index in [1.165, 1.54) is 6.07 Å². The SMILES string of the molecule is CCSN1CCN(C2(CNC(=O)c3c(F)cc(C)cc3Cl)CCC(F)(F)CC2)CC1. The van der Waals surface area contributed by atoms with Gasteiger partial charge in [-0.25, -0.2) is 17.5 Å². The largest absolute Gasteiger partial charge is 0.350 e. The Morgan fingerprint density at radius 3 is 2.37 bits per heavy atom. The summed E-state index contributed by atoms with van der Waals surface area (Å²) >= 11 is 7.88. The van der Waals surface area contributed by atoms with Gasteiger partial charge in [-0.2, -0.15) is 0 Å². The fourth-order valence-corrected chi connectivity index (χ4v) is 5.54. The highest BCUT2D eigenvalue weighted by Gasteiger charge is 2.47. The standard InChI is InChI=1S/C21H29ClF3N3OS/c1-3-30-28-10-8-27(9-11-28)20(4-6-21(24,25)7-5-20)14-26-19(29)18-16(22)12-15(2)13-17(18)23/h12-13H,3-11,14H2,1-2H3,(H,26,29). The average Bonchev–Trinajstić information content (AvgIpc) is 2.68. The molecule has 2 fully saturated rings. The summed E-state index contributed by atoms with van der Waals surface area (Å²) in [4.78, 5) is 15.0. The first-order valence-electron chi connectivity index (χ1n) is 10.4. The van der Waals surface area contributed by atoms with Gasteiger partial charge in [0.2, 0.25) is 5.92 Å². The van der Waals surface area contributed by atoms with Crippen molar-refractivity contribution in [1.82, 2.24) is 14.5 Å². The van der Waals surface area contributed by atoms with Crippen LogP contribution in [0.4, 0.5) is 13.2 Å². The van der Waals surface area contributed by atoms with Crippen molar-refractivity contribution in [2.45, 2.75) is 51.0 Å². The molecule has 4 nitrogen and oxygen atoms in total. The van der Waals surface area contributed by atoms with Crippen molar-refractivity contribution < 1.29 is 18.0 Å². The number of halogens is 4. The third kappa shape index (κ3) is 5.44. The number of carbonyl (C=O) groups is 1. The summed E-state index contributed by atoms with van der Waals surface area (Å²) in [5, 5.41) is 2.86. The van der Waals surface area contributed by atoms with E-state index in [9.17, 15) is 18.0 Å². The van der Waals surface area contributed by atoms with Crippen molar-refractivity contribution in [3.8, 4) is 0 Å². The molecule has 3 rings (SSSR count). The first-order valence-corrected chi connectivity index (χ1v) is 11.7. The molecule has 1 heterocycles. The zero-order chi connectivity index (χ0) is 21.9. The van der Waals surface area contributed by atoms with E-state index >= 15 is 0 Å². The first-order chi connectivity index (χ1) is 14.2. The Balaban J connectivity index is 1.73. The van der Waals surface area contributed by atoms with Crippen molar-refractivity contribution >= 4 is 29.5 Å². The molecule has 30 heavy (non-hydrogen) atoms. The van der Waals surface area contributed by atoms with Crippen LogP contribution in [0.3, 0.4) is 0 Å². The van der Waals surface area contributed by atoms with Gasteiger partial charge in [0, 0.05) is 56.9 Å². The molecule has 1 aromatic carbocycles. The van der Waals surface area contributed by atoms with Crippen LogP contribution in [0.15, 0.2) is 12.1 Å². The third-order valence-corrected chi connectivity index (χ3v) is 7.41. The number of aryl methyl sites for hydroxylation is 1.